The molecule has 0 atom stereocenters. The highest BCUT2D eigenvalue weighted by atomic mass is 35.5. The third-order valence-electron chi connectivity index (χ3n) is 2.98. The van der Waals surface area contributed by atoms with E-state index in [0.29, 0.717) is 11.3 Å². The molecule has 0 saturated heterocycles. The molecule has 0 spiro atoms. The standard InChI is InChI=1S/C17H11Cl2NO2/c1-22-13-7-5-11(6-8-13)9-12(10-20)17(21)16-14(18)3-2-4-15(16)19/h2-9H,1H3/b12-9-. The van der Waals surface area contributed by atoms with Crippen LogP contribution < -0.4 is 4.74 Å². The Balaban J connectivity index is 2.41. The predicted molar refractivity (Wildman–Crippen MR) is 87.4 cm³/mol. The minimum atomic E-state index is -0.506. The van der Waals surface area contributed by atoms with Crippen molar-refractivity contribution in [3.05, 3.63) is 69.2 Å². The van der Waals surface area contributed by atoms with E-state index in [2.05, 4.69) is 0 Å². The van der Waals surface area contributed by atoms with E-state index in [1.165, 1.54) is 6.08 Å². The molecule has 2 rings (SSSR count). The molecule has 0 bridgehead atoms. The van der Waals surface area contributed by atoms with Crippen molar-refractivity contribution in [2.75, 3.05) is 7.11 Å². The second-order valence-corrected chi connectivity index (χ2v) is 5.18. The molecule has 2 aromatic carbocycles. The Morgan fingerprint density at radius 1 is 1.14 bits per heavy atom. The smallest absolute Gasteiger partial charge is 0.206 e. The predicted octanol–water partition coefficient (Wildman–Crippen LogP) is 4.79. The maximum Gasteiger partial charge on any atom is 0.206 e. The maximum absolute atomic E-state index is 12.5. The van der Waals surface area contributed by atoms with Gasteiger partial charge in [0.05, 0.1) is 22.7 Å². The summed E-state index contributed by atoms with van der Waals surface area (Å²) >= 11 is 12.0. The fourth-order valence-corrected chi connectivity index (χ4v) is 2.43. The van der Waals surface area contributed by atoms with Crippen molar-refractivity contribution >= 4 is 35.1 Å². The minimum absolute atomic E-state index is 0.0415. The first-order valence-corrected chi connectivity index (χ1v) is 7.07. The third kappa shape index (κ3) is 3.48. The SMILES string of the molecule is COc1ccc(/C=C(/C#N)C(=O)c2c(Cl)cccc2Cl)cc1. The van der Waals surface area contributed by atoms with E-state index in [4.69, 9.17) is 27.9 Å². The second-order valence-electron chi connectivity index (χ2n) is 4.37. The number of allylic oxidation sites excluding steroid dienone is 1. The van der Waals surface area contributed by atoms with Crippen molar-refractivity contribution < 1.29 is 9.53 Å². The number of Topliss-reactive ketones (excluding diaryl/α,β-unsaturated/α-hetero) is 1. The number of hydrogen-bond acceptors (Lipinski definition) is 3. The van der Waals surface area contributed by atoms with Crippen LogP contribution >= 0.6 is 23.2 Å². The first-order valence-electron chi connectivity index (χ1n) is 6.31. The molecule has 3 nitrogen and oxygen atoms in total. The molecule has 0 fully saturated rings. The van der Waals surface area contributed by atoms with Crippen LogP contribution in [-0.2, 0) is 0 Å². The van der Waals surface area contributed by atoms with Gasteiger partial charge in [0.2, 0.25) is 5.78 Å². The first kappa shape index (κ1) is 16.1. The Bertz CT molecular complexity index is 754. The molecular weight excluding hydrogens is 321 g/mol. The van der Waals surface area contributed by atoms with Gasteiger partial charge in [0, 0.05) is 0 Å². The number of ether oxygens (including phenoxy) is 1. The van der Waals surface area contributed by atoms with Crippen LogP contribution in [0.5, 0.6) is 5.75 Å². The van der Waals surface area contributed by atoms with Gasteiger partial charge in [-0.15, -0.1) is 0 Å². The van der Waals surface area contributed by atoms with Crippen molar-refractivity contribution in [1.82, 2.24) is 0 Å². The van der Waals surface area contributed by atoms with E-state index < -0.39 is 5.78 Å². The van der Waals surface area contributed by atoms with Gasteiger partial charge in [-0.3, -0.25) is 4.79 Å². The zero-order valence-corrected chi connectivity index (χ0v) is 13.2. The highest BCUT2D eigenvalue weighted by molar-refractivity contribution is 6.41. The highest BCUT2D eigenvalue weighted by Gasteiger charge is 2.18. The zero-order valence-electron chi connectivity index (χ0n) is 11.6. The van der Waals surface area contributed by atoms with E-state index in [-0.39, 0.29) is 21.2 Å². The van der Waals surface area contributed by atoms with Crippen LogP contribution in [0.4, 0.5) is 0 Å². The number of carbonyl (C=O) groups is 1. The molecule has 0 heterocycles. The molecule has 0 saturated carbocycles. The summed E-state index contributed by atoms with van der Waals surface area (Å²) in [4.78, 5) is 12.5. The summed E-state index contributed by atoms with van der Waals surface area (Å²) in [5, 5.41) is 9.68. The fraction of sp³-hybridized carbons (Fsp3) is 0.0588. The van der Waals surface area contributed by atoms with Gasteiger partial charge in [-0.25, -0.2) is 0 Å². The van der Waals surface area contributed by atoms with Crippen LogP contribution in [0.1, 0.15) is 15.9 Å². The molecule has 22 heavy (non-hydrogen) atoms. The Labute approximate surface area is 138 Å². The lowest BCUT2D eigenvalue weighted by molar-refractivity contribution is 0.104. The number of benzene rings is 2. The number of rotatable bonds is 4. The van der Waals surface area contributed by atoms with Gasteiger partial charge in [0.25, 0.3) is 0 Å². The Hall–Kier alpha value is -2.28. The highest BCUT2D eigenvalue weighted by Crippen LogP contribution is 2.27. The molecule has 0 N–H and O–H groups in total. The monoisotopic (exact) mass is 331 g/mol. The van der Waals surface area contributed by atoms with Crippen LogP contribution in [0.3, 0.4) is 0 Å². The number of hydrogen-bond donors (Lipinski definition) is 0. The second kappa shape index (κ2) is 7.13. The van der Waals surface area contributed by atoms with Gasteiger partial charge in [-0.05, 0) is 35.9 Å². The minimum Gasteiger partial charge on any atom is -0.497 e. The van der Waals surface area contributed by atoms with E-state index >= 15 is 0 Å². The van der Waals surface area contributed by atoms with E-state index in [0.717, 1.165) is 0 Å². The summed E-state index contributed by atoms with van der Waals surface area (Å²) in [6.07, 6.45) is 1.49. The summed E-state index contributed by atoms with van der Waals surface area (Å²) in [7, 11) is 1.56. The summed E-state index contributed by atoms with van der Waals surface area (Å²) in [6.45, 7) is 0. The molecule has 0 radical (unpaired) electrons. The number of ketones is 1. The van der Waals surface area contributed by atoms with Crippen LogP contribution in [-0.4, -0.2) is 12.9 Å². The van der Waals surface area contributed by atoms with Crippen molar-refractivity contribution in [3.8, 4) is 11.8 Å². The molecule has 0 aliphatic rings. The van der Waals surface area contributed by atoms with Crippen molar-refractivity contribution in [1.29, 1.82) is 5.26 Å². The topological polar surface area (TPSA) is 50.1 Å². The van der Waals surface area contributed by atoms with Crippen LogP contribution in [0.2, 0.25) is 10.0 Å². The first-order chi connectivity index (χ1) is 10.6. The molecule has 0 unspecified atom stereocenters. The van der Waals surface area contributed by atoms with Gasteiger partial charge in [0.15, 0.2) is 0 Å². The molecule has 0 amide bonds. The van der Waals surface area contributed by atoms with Gasteiger partial charge in [-0.2, -0.15) is 5.26 Å². The summed E-state index contributed by atoms with van der Waals surface area (Å²) in [6, 6.07) is 13.6. The molecule has 0 aliphatic heterocycles. The van der Waals surface area contributed by atoms with E-state index in [1.807, 2.05) is 6.07 Å². The van der Waals surface area contributed by atoms with Gasteiger partial charge < -0.3 is 4.74 Å². The molecule has 110 valence electrons. The lowest BCUT2D eigenvalue weighted by atomic mass is 10.0. The number of carbonyl (C=O) groups excluding carboxylic acids is 1. The van der Waals surface area contributed by atoms with E-state index in [1.54, 1.807) is 49.6 Å². The Morgan fingerprint density at radius 3 is 2.23 bits per heavy atom. The van der Waals surface area contributed by atoms with Crippen LogP contribution in [0, 0.1) is 11.3 Å². The van der Waals surface area contributed by atoms with Crippen molar-refractivity contribution in [2.24, 2.45) is 0 Å². The number of halogens is 2. The summed E-state index contributed by atoms with van der Waals surface area (Å²) < 4.78 is 5.06. The van der Waals surface area contributed by atoms with Crippen LogP contribution in [0.15, 0.2) is 48.0 Å². The normalized spacial score (nSPS) is 10.9. The zero-order chi connectivity index (χ0) is 16.1. The average molecular weight is 332 g/mol. The number of nitriles is 1. The largest absolute Gasteiger partial charge is 0.497 e. The Morgan fingerprint density at radius 2 is 1.73 bits per heavy atom. The number of methoxy groups -OCH3 is 1. The third-order valence-corrected chi connectivity index (χ3v) is 3.61. The van der Waals surface area contributed by atoms with Gasteiger partial charge >= 0.3 is 0 Å². The molecule has 5 heteroatoms. The molecule has 0 aliphatic carbocycles. The van der Waals surface area contributed by atoms with Crippen molar-refractivity contribution in [2.45, 2.75) is 0 Å². The van der Waals surface area contributed by atoms with Crippen molar-refractivity contribution in [3.63, 3.8) is 0 Å². The summed E-state index contributed by atoms with van der Waals surface area (Å²) in [5.74, 6) is 0.185. The van der Waals surface area contributed by atoms with Gasteiger partial charge in [0.1, 0.15) is 17.4 Å². The Kier molecular flexibility index (Phi) is 5.21. The van der Waals surface area contributed by atoms with E-state index in [9.17, 15) is 10.1 Å². The summed E-state index contributed by atoms with van der Waals surface area (Å²) in [5.41, 5.74) is 0.793. The molecule has 2 aromatic rings. The van der Waals surface area contributed by atoms with Gasteiger partial charge in [-0.1, -0.05) is 41.4 Å². The molecule has 0 aromatic heterocycles. The number of nitrogens with zero attached hydrogens (tertiary/aromatic N) is 1. The maximum atomic E-state index is 12.5. The lowest BCUT2D eigenvalue weighted by Crippen LogP contribution is -2.04. The average Bonchev–Trinajstić information content (AvgIpc) is 2.52. The molecular formula is C17H11Cl2NO2. The quantitative estimate of drug-likeness (QED) is 0.459. The van der Waals surface area contributed by atoms with Crippen LogP contribution in [0.25, 0.3) is 6.08 Å². The lowest BCUT2D eigenvalue weighted by Gasteiger charge is -2.05. The fourth-order valence-electron chi connectivity index (χ4n) is 1.86.